The van der Waals surface area contributed by atoms with Crippen molar-refractivity contribution < 1.29 is 0 Å². The van der Waals surface area contributed by atoms with E-state index in [0.717, 1.165) is 0 Å². The van der Waals surface area contributed by atoms with E-state index >= 15 is 0 Å². The van der Waals surface area contributed by atoms with Gasteiger partial charge in [0.25, 0.3) is 0 Å². The van der Waals surface area contributed by atoms with Gasteiger partial charge in [0.2, 0.25) is 0 Å². The van der Waals surface area contributed by atoms with Gasteiger partial charge < -0.3 is 0 Å². The van der Waals surface area contributed by atoms with Crippen LogP contribution >= 0.6 is 22.6 Å². The normalized spacial score (nSPS) is 27.0. The third kappa shape index (κ3) is 3.56. The molecule has 3 heteroatoms. The number of hydrogen-bond acceptors (Lipinski definition) is 2. The molecule has 0 aromatic heterocycles. The maximum atomic E-state index is 2.61. The van der Waals surface area contributed by atoms with Crippen LogP contribution in [0.25, 0.3) is 0 Å². The molecular weight excluding hydrogens is 299 g/mol. The highest BCUT2D eigenvalue weighted by molar-refractivity contribution is 14.1. The van der Waals surface area contributed by atoms with Crippen LogP contribution in [-0.2, 0) is 0 Å². The Morgan fingerprint density at radius 3 is 1.93 bits per heavy atom. The van der Waals surface area contributed by atoms with E-state index in [-0.39, 0.29) is 3.55 Å². The van der Waals surface area contributed by atoms with Gasteiger partial charge >= 0.3 is 0 Å². The second-order valence-corrected chi connectivity index (χ2v) is 8.71. The summed E-state index contributed by atoms with van der Waals surface area (Å²) >= 11 is 2.55. The van der Waals surface area contributed by atoms with Gasteiger partial charge in [-0.15, -0.1) is 0 Å². The van der Waals surface area contributed by atoms with Gasteiger partial charge in [-0.05, 0) is 41.5 Å². The molecule has 0 aromatic carbocycles. The van der Waals surface area contributed by atoms with Crippen LogP contribution in [0.3, 0.4) is 0 Å². The Morgan fingerprint density at radius 2 is 1.60 bits per heavy atom. The average molecular weight is 324 g/mol. The largest absolute Gasteiger partial charge is 0.296 e. The van der Waals surface area contributed by atoms with Gasteiger partial charge in [0.05, 0.1) is 3.55 Å². The Hall–Kier alpha value is 0.650. The summed E-state index contributed by atoms with van der Waals surface area (Å²) in [7, 11) is 0. The monoisotopic (exact) mass is 324 g/mol. The van der Waals surface area contributed by atoms with E-state index in [9.17, 15) is 0 Å². The molecule has 0 radical (unpaired) electrons. The Kier molecular flexibility index (Phi) is 4.11. The minimum atomic E-state index is 0.279. The van der Waals surface area contributed by atoms with Crippen molar-refractivity contribution in [2.45, 2.75) is 56.7 Å². The van der Waals surface area contributed by atoms with E-state index < -0.39 is 0 Å². The van der Waals surface area contributed by atoms with Crippen LogP contribution in [-0.4, -0.2) is 44.6 Å². The quantitative estimate of drug-likeness (QED) is 0.416. The first-order valence-corrected chi connectivity index (χ1v) is 6.91. The summed E-state index contributed by atoms with van der Waals surface area (Å²) in [4.78, 5) is 5.20. The maximum Gasteiger partial charge on any atom is 0.0676 e. The van der Waals surface area contributed by atoms with Crippen LogP contribution in [0, 0.1) is 0 Å². The maximum absolute atomic E-state index is 2.61. The van der Waals surface area contributed by atoms with Crippen molar-refractivity contribution in [2.75, 3.05) is 19.6 Å². The van der Waals surface area contributed by atoms with E-state index in [1.807, 2.05) is 0 Å². The van der Waals surface area contributed by atoms with Gasteiger partial charge in [-0.1, -0.05) is 22.6 Å². The van der Waals surface area contributed by atoms with Crippen LogP contribution in [0.4, 0.5) is 0 Å². The van der Waals surface area contributed by atoms with Crippen LogP contribution in [0.15, 0.2) is 0 Å². The second-order valence-electron chi connectivity index (χ2n) is 6.07. The number of alkyl halides is 1. The third-order valence-corrected chi connectivity index (χ3v) is 3.88. The van der Waals surface area contributed by atoms with Gasteiger partial charge in [-0.2, -0.15) is 0 Å². The van der Waals surface area contributed by atoms with Crippen molar-refractivity contribution >= 4 is 22.6 Å². The summed E-state index contributed by atoms with van der Waals surface area (Å²) < 4.78 is 0.279. The standard InChI is InChI=1S/C12H25IN2/c1-10-9-14(11(2,3)4)7-8-15(10)12(5,6)13/h10H,7-9H2,1-6H3/t10-/m1/s1. The van der Waals surface area contributed by atoms with Gasteiger partial charge in [0, 0.05) is 31.2 Å². The van der Waals surface area contributed by atoms with E-state index in [4.69, 9.17) is 0 Å². The van der Waals surface area contributed by atoms with Crippen molar-refractivity contribution in [3.05, 3.63) is 0 Å². The second kappa shape index (κ2) is 4.49. The molecule has 0 spiro atoms. The first-order chi connectivity index (χ1) is 6.62. The molecule has 15 heavy (non-hydrogen) atoms. The molecule has 2 nitrogen and oxygen atoms in total. The lowest BCUT2D eigenvalue weighted by molar-refractivity contribution is 0.00968. The molecule has 1 aliphatic rings. The van der Waals surface area contributed by atoms with Crippen molar-refractivity contribution in [1.82, 2.24) is 9.80 Å². The molecule has 0 amide bonds. The van der Waals surface area contributed by atoms with Crippen LogP contribution in [0.1, 0.15) is 41.5 Å². The summed E-state index contributed by atoms with van der Waals surface area (Å²) in [5.41, 5.74) is 0.315. The smallest absolute Gasteiger partial charge is 0.0676 e. The van der Waals surface area contributed by atoms with Gasteiger partial charge in [0.15, 0.2) is 0 Å². The molecule has 0 aromatic rings. The fourth-order valence-corrected chi connectivity index (χ4v) is 3.07. The fourth-order valence-electron chi connectivity index (χ4n) is 2.36. The van der Waals surface area contributed by atoms with E-state index in [0.29, 0.717) is 11.6 Å². The number of nitrogens with zero attached hydrogens (tertiary/aromatic N) is 2. The summed E-state index contributed by atoms with van der Waals surface area (Å²) in [6, 6.07) is 0.657. The molecule has 0 unspecified atom stereocenters. The molecule has 90 valence electrons. The lowest BCUT2D eigenvalue weighted by Crippen LogP contribution is -2.60. The lowest BCUT2D eigenvalue weighted by Gasteiger charge is -2.49. The van der Waals surface area contributed by atoms with E-state index in [2.05, 4.69) is 73.9 Å². The summed E-state index contributed by atoms with van der Waals surface area (Å²) in [6.45, 7) is 17.5. The molecule has 0 N–H and O–H groups in total. The molecule has 1 atom stereocenters. The highest BCUT2D eigenvalue weighted by Gasteiger charge is 2.35. The van der Waals surface area contributed by atoms with Crippen LogP contribution < -0.4 is 0 Å². The average Bonchev–Trinajstić information content (AvgIpc) is 1.99. The fraction of sp³-hybridized carbons (Fsp3) is 1.00. The zero-order valence-electron chi connectivity index (χ0n) is 11.0. The molecule has 0 saturated carbocycles. The number of rotatable bonds is 1. The lowest BCUT2D eigenvalue weighted by atomic mass is 10.0. The molecule has 1 aliphatic heterocycles. The Labute approximate surface area is 109 Å². The summed E-state index contributed by atoms with van der Waals surface area (Å²) in [5.74, 6) is 0. The third-order valence-electron chi connectivity index (χ3n) is 3.26. The van der Waals surface area contributed by atoms with Crippen molar-refractivity contribution in [1.29, 1.82) is 0 Å². The molecule has 1 fully saturated rings. The predicted molar refractivity (Wildman–Crippen MR) is 75.6 cm³/mol. The summed E-state index contributed by atoms with van der Waals surface area (Å²) in [6.07, 6.45) is 0. The molecule has 0 aliphatic carbocycles. The number of halogens is 1. The number of hydrogen-bond donors (Lipinski definition) is 0. The summed E-state index contributed by atoms with van der Waals surface area (Å²) in [5, 5.41) is 0. The van der Waals surface area contributed by atoms with Gasteiger partial charge in [0.1, 0.15) is 0 Å². The zero-order valence-corrected chi connectivity index (χ0v) is 13.1. The number of piperazine rings is 1. The van der Waals surface area contributed by atoms with Gasteiger partial charge in [-0.25, -0.2) is 0 Å². The topological polar surface area (TPSA) is 6.48 Å². The predicted octanol–water partition coefficient (Wildman–Crippen LogP) is 2.96. The zero-order chi connectivity index (χ0) is 11.9. The highest BCUT2D eigenvalue weighted by Crippen LogP contribution is 2.29. The van der Waals surface area contributed by atoms with Crippen LogP contribution in [0.5, 0.6) is 0 Å². The molecular formula is C12H25IN2. The first-order valence-electron chi connectivity index (χ1n) is 5.83. The Balaban J connectivity index is 2.64. The van der Waals surface area contributed by atoms with E-state index in [1.165, 1.54) is 19.6 Å². The van der Waals surface area contributed by atoms with Crippen molar-refractivity contribution in [3.8, 4) is 0 Å². The highest BCUT2D eigenvalue weighted by atomic mass is 127. The van der Waals surface area contributed by atoms with Crippen molar-refractivity contribution in [2.24, 2.45) is 0 Å². The SMILES string of the molecule is C[C@@H]1CN(C(C)(C)C)CCN1C(C)(C)I. The Morgan fingerprint density at radius 1 is 1.07 bits per heavy atom. The molecule has 1 rings (SSSR count). The Bertz CT molecular complexity index is 215. The minimum absolute atomic E-state index is 0.279. The first kappa shape index (κ1) is 13.7. The van der Waals surface area contributed by atoms with Crippen molar-refractivity contribution in [3.63, 3.8) is 0 Å². The van der Waals surface area contributed by atoms with E-state index in [1.54, 1.807) is 0 Å². The van der Waals surface area contributed by atoms with Crippen LogP contribution in [0.2, 0.25) is 0 Å². The molecule has 1 heterocycles. The molecule has 0 bridgehead atoms. The molecule has 1 saturated heterocycles. The van der Waals surface area contributed by atoms with Gasteiger partial charge in [-0.3, -0.25) is 9.80 Å². The minimum Gasteiger partial charge on any atom is -0.296 e.